The molecular weight excluding hydrogens is 258 g/mol. The molecule has 104 valence electrons. The lowest BCUT2D eigenvalue weighted by molar-refractivity contribution is 0.119. The van der Waals surface area contributed by atoms with Crippen molar-refractivity contribution >= 4 is 11.6 Å². The summed E-state index contributed by atoms with van der Waals surface area (Å²) >= 11 is 6.09. The lowest BCUT2D eigenvalue weighted by atomic mass is 10.1. The maximum absolute atomic E-state index is 6.09. The third-order valence-corrected chi connectivity index (χ3v) is 4.47. The van der Waals surface area contributed by atoms with Gasteiger partial charge in [0.05, 0.1) is 13.2 Å². The number of hydrogen-bond acceptors (Lipinski definition) is 2. The number of ether oxygens (including phenoxy) is 1. The lowest BCUT2D eigenvalue weighted by Gasteiger charge is -2.17. The molecule has 3 heteroatoms. The molecular formula is C16H22ClNO. The molecule has 2 saturated carbocycles. The highest BCUT2D eigenvalue weighted by atomic mass is 35.5. The Morgan fingerprint density at radius 2 is 1.84 bits per heavy atom. The van der Waals surface area contributed by atoms with E-state index in [1.165, 1.54) is 25.7 Å². The second kappa shape index (κ2) is 6.25. The van der Waals surface area contributed by atoms with Gasteiger partial charge in [-0.05, 0) is 49.1 Å². The van der Waals surface area contributed by atoms with Gasteiger partial charge < -0.3 is 10.1 Å². The molecule has 0 bridgehead atoms. The molecule has 0 atom stereocenters. The first kappa shape index (κ1) is 13.4. The summed E-state index contributed by atoms with van der Waals surface area (Å²) in [5.74, 6) is 1.91. The molecule has 3 rings (SSSR count). The minimum Gasteiger partial charge on any atom is -0.375 e. The van der Waals surface area contributed by atoms with Crippen molar-refractivity contribution in [1.29, 1.82) is 0 Å². The second-order valence-corrected chi connectivity index (χ2v) is 6.21. The van der Waals surface area contributed by atoms with Gasteiger partial charge in [0, 0.05) is 17.6 Å². The predicted molar refractivity (Wildman–Crippen MR) is 78.3 cm³/mol. The van der Waals surface area contributed by atoms with Crippen molar-refractivity contribution < 1.29 is 4.74 Å². The van der Waals surface area contributed by atoms with Gasteiger partial charge in [0.15, 0.2) is 0 Å². The maximum atomic E-state index is 6.09. The van der Waals surface area contributed by atoms with Gasteiger partial charge in [0.25, 0.3) is 0 Å². The summed E-state index contributed by atoms with van der Waals surface area (Å²) in [7, 11) is 0. The first-order valence-corrected chi connectivity index (χ1v) is 7.77. The number of benzene rings is 1. The van der Waals surface area contributed by atoms with Gasteiger partial charge in [-0.25, -0.2) is 0 Å². The van der Waals surface area contributed by atoms with Gasteiger partial charge in [-0.3, -0.25) is 0 Å². The van der Waals surface area contributed by atoms with E-state index in [1.54, 1.807) is 0 Å². The molecule has 0 aliphatic heterocycles. The highest BCUT2D eigenvalue weighted by molar-refractivity contribution is 6.31. The summed E-state index contributed by atoms with van der Waals surface area (Å²) < 4.78 is 5.70. The number of rotatable bonds is 8. The number of nitrogens with one attached hydrogen (secondary N) is 1. The van der Waals surface area contributed by atoms with Gasteiger partial charge in [-0.2, -0.15) is 0 Å². The topological polar surface area (TPSA) is 21.3 Å². The maximum Gasteiger partial charge on any atom is 0.0731 e. The average Bonchev–Trinajstić information content (AvgIpc) is 3.28. The van der Waals surface area contributed by atoms with Crippen LogP contribution in [0.4, 0.5) is 0 Å². The Morgan fingerprint density at radius 1 is 1.16 bits per heavy atom. The van der Waals surface area contributed by atoms with Crippen molar-refractivity contribution in [2.24, 2.45) is 11.8 Å². The van der Waals surface area contributed by atoms with Crippen LogP contribution in [0.3, 0.4) is 0 Å². The van der Waals surface area contributed by atoms with Crippen LogP contribution in [-0.4, -0.2) is 19.2 Å². The van der Waals surface area contributed by atoms with Crippen molar-refractivity contribution in [2.75, 3.05) is 13.2 Å². The fourth-order valence-corrected chi connectivity index (χ4v) is 2.91. The molecule has 0 saturated heterocycles. The van der Waals surface area contributed by atoms with E-state index in [0.29, 0.717) is 6.61 Å². The molecule has 0 radical (unpaired) electrons. The Hall–Kier alpha value is -0.570. The standard InChI is InChI=1S/C16H22ClNO/c17-15-4-2-1-3-14(15)11-19-10-9-18-16(12-5-6-12)13-7-8-13/h1-4,12-13,16,18H,5-11H2. The van der Waals surface area contributed by atoms with Crippen LogP contribution in [0.15, 0.2) is 24.3 Å². The first-order chi connectivity index (χ1) is 9.34. The summed E-state index contributed by atoms with van der Waals surface area (Å²) in [6, 6.07) is 8.65. The van der Waals surface area contributed by atoms with Crippen LogP contribution < -0.4 is 5.32 Å². The smallest absolute Gasteiger partial charge is 0.0731 e. The largest absolute Gasteiger partial charge is 0.375 e. The molecule has 0 aromatic heterocycles. The minimum atomic E-state index is 0.610. The lowest BCUT2D eigenvalue weighted by Crippen LogP contribution is -2.35. The Kier molecular flexibility index (Phi) is 4.42. The monoisotopic (exact) mass is 279 g/mol. The molecule has 1 N–H and O–H groups in total. The zero-order valence-electron chi connectivity index (χ0n) is 11.3. The van der Waals surface area contributed by atoms with E-state index in [4.69, 9.17) is 16.3 Å². The van der Waals surface area contributed by atoms with Crippen LogP contribution >= 0.6 is 11.6 Å². The summed E-state index contributed by atoms with van der Waals surface area (Å²) in [6.45, 7) is 2.34. The van der Waals surface area contributed by atoms with Crippen molar-refractivity contribution in [3.63, 3.8) is 0 Å². The second-order valence-electron chi connectivity index (χ2n) is 5.80. The highest BCUT2D eigenvalue weighted by Gasteiger charge is 2.40. The van der Waals surface area contributed by atoms with E-state index in [1.807, 2.05) is 24.3 Å². The van der Waals surface area contributed by atoms with Crippen molar-refractivity contribution in [3.05, 3.63) is 34.9 Å². The highest BCUT2D eigenvalue weighted by Crippen LogP contribution is 2.44. The zero-order valence-corrected chi connectivity index (χ0v) is 12.0. The SMILES string of the molecule is Clc1ccccc1COCCNC(C1CC1)C1CC1. The van der Waals surface area contributed by atoms with E-state index in [2.05, 4.69) is 5.32 Å². The van der Waals surface area contributed by atoms with Crippen molar-refractivity contribution in [1.82, 2.24) is 5.32 Å². The van der Waals surface area contributed by atoms with E-state index < -0.39 is 0 Å². The molecule has 2 aliphatic rings. The quantitative estimate of drug-likeness (QED) is 0.734. The van der Waals surface area contributed by atoms with Gasteiger partial charge in [0.1, 0.15) is 0 Å². The van der Waals surface area contributed by atoms with E-state index in [9.17, 15) is 0 Å². The van der Waals surface area contributed by atoms with Crippen LogP contribution in [0.2, 0.25) is 5.02 Å². The predicted octanol–water partition coefficient (Wildman–Crippen LogP) is 3.63. The molecule has 2 nitrogen and oxygen atoms in total. The van der Waals surface area contributed by atoms with Crippen LogP contribution in [0.1, 0.15) is 31.2 Å². The van der Waals surface area contributed by atoms with Crippen molar-refractivity contribution in [3.8, 4) is 0 Å². The Labute approximate surface area is 120 Å². The summed E-state index contributed by atoms with van der Waals surface area (Å²) in [5.41, 5.74) is 1.07. The van der Waals surface area contributed by atoms with Crippen LogP contribution in [0.25, 0.3) is 0 Å². The summed E-state index contributed by atoms with van der Waals surface area (Å²) in [5, 5.41) is 4.48. The Balaban J connectivity index is 1.33. The molecule has 19 heavy (non-hydrogen) atoms. The van der Waals surface area contributed by atoms with Gasteiger partial charge >= 0.3 is 0 Å². The van der Waals surface area contributed by atoms with Gasteiger partial charge in [-0.1, -0.05) is 29.8 Å². The third kappa shape index (κ3) is 3.95. The minimum absolute atomic E-state index is 0.610. The van der Waals surface area contributed by atoms with Gasteiger partial charge in [0.2, 0.25) is 0 Å². The van der Waals surface area contributed by atoms with E-state index in [-0.39, 0.29) is 0 Å². The Morgan fingerprint density at radius 3 is 2.47 bits per heavy atom. The molecule has 1 aromatic carbocycles. The van der Waals surface area contributed by atoms with Crippen molar-refractivity contribution in [2.45, 2.75) is 38.3 Å². The number of hydrogen-bond donors (Lipinski definition) is 1. The first-order valence-electron chi connectivity index (χ1n) is 7.39. The van der Waals surface area contributed by atoms with E-state index in [0.717, 1.165) is 41.6 Å². The fourth-order valence-electron chi connectivity index (χ4n) is 2.72. The molecule has 2 fully saturated rings. The average molecular weight is 280 g/mol. The zero-order chi connectivity index (χ0) is 13.1. The van der Waals surface area contributed by atoms with Crippen LogP contribution in [0.5, 0.6) is 0 Å². The number of halogens is 1. The summed E-state index contributed by atoms with van der Waals surface area (Å²) in [4.78, 5) is 0. The molecule has 0 unspecified atom stereocenters. The molecule has 1 aromatic rings. The van der Waals surface area contributed by atoms with Crippen LogP contribution in [0, 0.1) is 11.8 Å². The van der Waals surface area contributed by atoms with Crippen LogP contribution in [-0.2, 0) is 11.3 Å². The molecule has 2 aliphatic carbocycles. The normalized spacial score (nSPS) is 19.1. The molecule has 0 amide bonds. The molecule has 0 heterocycles. The van der Waals surface area contributed by atoms with Gasteiger partial charge in [-0.15, -0.1) is 0 Å². The fraction of sp³-hybridized carbons (Fsp3) is 0.625. The molecule has 0 spiro atoms. The van der Waals surface area contributed by atoms with E-state index >= 15 is 0 Å². The Bertz CT molecular complexity index is 403. The third-order valence-electron chi connectivity index (χ3n) is 4.10. The summed E-state index contributed by atoms with van der Waals surface area (Å²) in [6.07, 6.45) is 5.70.